The third-order valence-electron chi connectivity index (χ3n) is 4.72. The van der Waals surface area contributed by atoms with Crippen LogP contribution in [-0.4, -0.2) is 42.5 Å². The molecule has 1 aliphatic carbocycles. The molecule has 130 valence electrons. The van der Waals surface area contributed by atoms with Gasteiger partial charge in [0.25, 0.3) is 0 Å². The van der Waals surface area contributed by atoms with Crippen LogP contribution in [0, 0.1) is 5.41 Å². The fourth-order valence-corrected chi connectivity index (χ4v) is 3.31. The number of aromatic nitrogens is 2. The first-order valence-electron chi connectivity index (χ1n) is 8.67. The molecule has 0 radical (unpaired) electrons. The molecule has 0 saturated heterocycles. The van der Waals surface area contributed by atoms with Crippen LogP contribution in [0.2, 0.25) is 0 Å². The number of aryl methyl sites for hydroxylation is 1. The second kappa shape index (κ2) is 8.91. The summed E-state index contributed by atoms with van der Waals surface area (Å²) in [6.45, 7) is 5.42. The van der Waals surface area contributed by atoms with Crippen LogP contribution in [0.4, 0.5) is 0 Å². The van der Waals surface area contributed by atoms with E-state index in [1.165, 1.54) is 25.7 Å². The largest absolute Gasteiger partial charge is 0.382 e. The van der Waals surface area contributed by atoms with Gasteiger partial charge < -0.3 is 15.4 Å². The zero-order valence-electron chi connectivity index (χ0n) is 14.8. The van der Waals surface area contributed by atoms with Crippen LogP contribution in [0.15, 0.2) is 17.4 Å². The molecule has 0 amide bonds. The highest BCUT2D eigenvalue weighted by Crippen LogP contribution is 2.40. The van der Waals surface area contributed by atoms with E-state index in [2.05, 4.69) is 27.6 Å². The minimum Gasteiger partial charge on any atom is -0.382 e. The molecule has 0 aliphatic heterocycles. The molecule has 2 rings (SSSR count). The van der Waals surface area contributed by atoms with E-state index in [0.717, 1.165) is 44.2 Å². The highest BCUT2D eigenvalue weighted by Gasteiger charge is 2.33. The Morgan fingerprint density at radius 3 is 2.78 bits per heavy atom. The normalized spacial score (nSPS) is 17.4. The lowest BCUT2D eigenvalue weighted by molar-refractivity contribution is 0.105. The highest BCUT2D eigenvalue weighted by atomic mass is 16.5. The molecule has 6 nitrogen and oxygen atoms in total. The van der Waals surface area contributed by atoms with Crippen molar-refractivity contribution in [3.63, 3.8) is 0 Å². The predicted molar refractivity (Wildman–Crippen MR) is 93.4 cm³/mol. The SMILES string of the molecule is CCOCCC1(CNC(=NC)NCc2cnn(C)c2)CCCC1. The molecule has 0 aromatic carbocycles. The molecule has 1 fully saturated rings. The Kier molecular flexibility index (Phi) is 6.89. The Bertz CT molecular complexity index is 491. The average Bonchev–Trinajstić information content (AvgIpc) is 3.18. The maximum Gasteiger partial charge on any atom is 0.191 e. The molecule has 1 aromatic rings. The van der Waals surface area contributed by atoms with Crippen LogP contribution in [0.25, 0.3) is 0 Å². The number of nitrogens with one attached hydrogen (secondary N) is 2. The predicted octanol–water partition coefficient (Wildman–Crippen LogP) is 2.07. The topological polar surface area (TPSA) is 63.5 Å². The Morgan fingerprint density at radius 2 is 2.17 bits per heavy atom. The van der Waals surface area contributed by atoms with E-state index in [4.69, 9.17) is 4.74 Å². The van der Waals surface area contributed by atoms with Gasteiger partial charge in [0.1, 0.15) is 0 Å². The van der Waals surface area contributed by atoms with Crippen LogP contribution >= 0.6 is 0 Å². The summed E-state index contributed by atoms with van der Waals surface area (Å²) in [6, 6.07) is 0. The van der Waals surface area contributed by atoms with Gasteiger partial charge in [-0.3, -0.25) is 9.67 Å². The van der Waals surface area contributed by atoms with Crippen molar-refractivity contribution in [1.82, 2.24) is 20.4 Å². The van der Waals surface area contributed by atoms with Gasteiger partial charge in [-0.25, -0.2) is 0 Å². The number of guanidine groups is 1. The lowest BCUT2D eigenvalue weighted by atomic mass is 9.83. The van der Waals surface area contributed by atoms with Crippen molar-refractivity contribution < 1.29 is 4.74 Å². The van der Waals surface area contributed by atoms with Gasteiger partial charge in [0.2, 0.25) is 0 Å². The van der Waals surface area contributed by atoms with Crippen LogP contribution in [0.1, 0.15) is 44.6 Å². The lowest BCUT2D eigenvalue weighted by Crippen LogP contribution is -2.43. The summed E-state index contributed by atoms with van der Waals surface area (Å²) in [4.78, 5) is 4.33. The minimum atomic E-state index is 0.362. The highest BCUT2D eigenvalue weighted by molar-refractivity contribution is 5.79. The van der Waals surface area contributed by atoms with Gasteiger partial charge in [-0.1, -0.05) is 12.8 Å². The average molecular weight is 321 g/mol. The van der Waals surface area contributed by atoms with Crippen LogP contribution in [0.3, 0.4) is 0 Å². The molecule has 0 unspecified atom stereocenters. The first kappa shape index (κ1) is 17.8. The lowest BCUT2D eigenvalue weighted by Gasteiger charge is -2.30. The van der Waals surface area contributed by atoms with Gasteiger partial charge in [0, 0.05) is 52.2 Å². The fourth-order valence-electron chi connectivity index (χ4n) is 3.31. The summed E-state index contributed by atoms with van der Waals surface area (Å²) >= 11 is 0. The van der Waals surface area contributed by atoms with E-state index < -0.39 is 0 Å². The molecule has 1 aliphatic rings. The number of hydrogen-bond acceptors (Lipinski definition) is 3. The number of rotatable bonds is 8. The molecular weight excluding hydrogens is 290 g/mol. The Morgan fingerprint density at radius 1 is 1.39 bits per heavy atom. The van der Waals surface area contributed by atoms with E-state index in [-0.39, 0.29) is 0 Å². The van der Waals surface area contributed by atoms with Crippen molar-refractivity contribution in [2.45, 2.75) is 45.6 Å². The maximum absolute atomic E-state index is 5.58. The molecule has 23 heavy (non-hydrogen) atoms. The summed E-state index contributed by atoms with van der Waals surface area (Å²) in [5.41, 5.74) is 1.52. The van der Waals surface area contributed by atoms with Crippen molar-refractivity contribution in [2.24, 2.45) is 17.5 Å². The van der Waals surface area contributed by atoms with Crippen LogP contribution in [0.5, 0.6) is 0 Å². The second-order valence-corrected chi connectivity index (χ2v) is 6.46. The van der Waals surface area contributed by atoms with Gasteiger partial charge in [-0.15, -0.1) is 0 Å². The molecule has 0 spiro atoms. The number of hydrogen-bond donors (Lipinski definition) is 2. The zero-order valence-corrected chi connectivity index (χ0v) is 14.8. The summed E-state index contributed by atoms with van der Waals surface area (Å²) in [7, 11) is 3.75. The van der Waals surface area contributed by atoms with E-state index >= 15 is 0 Å². The van der Waals surface area contributed by atoms with Gasteiger partial charge >= 0.3 is 0 Å². The van der Waals surface area contributed by atoms with Gasteiger partial charge in [-0.2, -0.15) is 5.10 Å². The van der Waals surface area contributed by atoms with Crippen LogP contribution in [-0.2, 0) is 18.3 Å². The summed E-state index contributed by atoms with van der Waals surface area (Å²) in [5, 5.41) is 11.1. The first-order valence-corrected chi connectivity index (χ1v) is 8.67. The quantitative estimate of drug-likeness (QED) is 0.437. The molecule has 2 N–H and O–H groups in total. The molecule has 1 saturated carbocycles. The molecule has 0 atom stereocenters. The number of nitrogens with zero attached hydrogens (tertiary/aromatic N) is 3. The standard InChI is InChI=1S/C17H31N5O/c1-4-23-10-9-17(7-5-6-8-17)14-20-16(18-2)19-11-15-12-21-22(3)13-15/h12-13H,4-11,14H2,1-3H3,(H2,18,19,20). The molecule has 0 bridgehead atoms. The molecule has 1 heterocycles. The van der Waals surface area contributed by atoms with Gasteiger partial charge in [0.05, 0.1) is 6.20 Å². The first-order chi connectivity index (χ1) is 11.2. The minimum absolute atomic E-state index is 0.362. The van der Waals surface area contributed by atoms with E-state index in [9.17, 15) is 0 Å². The third-order valence-corrected chi connectivity index (χ3v) is 4.72. The van der Waals surface area contributed by atoms with Crippen LogP contribution < -0.4 is 10.6 Å². The van der Waals surface area contributed by atoms with Crippen molar-refractivity contribution >= 4 is 5.96 Å². The maximum atomic E-state index is 5.58. The van der Waals surface area contributed by atoms with E-state index in [1.54, 1.807) is 0 Å². The Labute approximate surface area is 139 Å². The number of aliphatic imine (C=N–C) groups is 1. The molecular formula is C17H31N5O. The zero-order chi connectivity index (χ0) is 16.5. The monoisotopic (exact) mass is 321 g/mol. The van der Waals surface area contributed by atoms with E-state index in [0.29, 0.717) is 5.41 Å². The Hall–Kier alpha value is -1.56. The van der Waals surface area contributed by atoms with Crippen molar-refractivity contribution in [2.75, 3.05) is 26.8 Å². The second-order valence-electron chi connectivity index (χ2n) is 6.46. The Balaban J connectivity index is 1.80. The van der Waals surface area contributed by atoms with Gasteiger partial charge in [-0.05, 0) is 31.6 Å². The summed E-state index contributed by atoms with van der Waals surface area (Å²) in [6.07, 6.45) is 10.2. The smallest absolute Gasteiger partial charge is 0.191 e. The van der Waals surface area contributed by atoms with Gasteiger partial charge in [0.15, 0.2) is 5.96 Å². The summed E-state index contributed by atoms with van der Waals surface area (Å²) in [5.74, 6) is 0.858. The molecule has 6 heteroatoms. The summed E-state index contributed by atoms with van der Waals surface area (Å²) < 4.78 is 7.39. The van der Waals surface area contributed by atoms with Crippen molar-refractivity contribution in [1.29, 1.82) is 0 Å². The van der Waals surface area contributed by atoms with Crippen molar-refractivity contribution in [3.8, 4) is 0 Å². The van der Waals surface area contributed by atoms with E-state index in [1.807, 2.05) is 31.2 Å². The fraction of sp³-hybridized carbons (Fsp3) is 0.765. The molecule has 1 aromatic heterocycles. The number of ether oxygens (including phenoxy) is 1. The van der Waals surface area contributed by atoms with Crippen molar-refractivity contribution in [3.05, 3.63) is 18.0 Å². The third kappa shape index (κ3) is 5.53.